The van der Waals surface area contributed by atoms with Crippen LogP contribution >= 0.6 is 72.9 Å². The van der Waals surface area contributed by atoms with E-state index in [4.69, 9.17) is 81.1 Å². The van der Waals surface area contributed by atoms with Crippen LogP contribution in [0.15, 0.2) is 309 Å². The van der Waals surface area contributed by atoms with Gasteiger partial charge in [-0.25, -0.2) is 29.7 Å². The molecule has 142 heavy (non-hydrogen) atoms. The number of thiocarbonyl (C=S) groups is 5. The number of nitrogens with zero attached hydrogens (tertiary/aromatic N) is 12. The number of nitrogens with one attached hydrogen (secondary N) is 10. The number of para-hydroxylation sites is 1. The quantitative estimate of drug-likeness (QED) is 0.0217. The lowest BCUT2D eigenvalue weighted by Gasteiger charge is -2.34. The molecule has 10 aromatic carbocycles. The summed E-state index contributed by atoms with van der Waals surface area (Å²) in [5.74, 6) is 5.80. The number of nitriles is 2. The van der Waals surface area contributed by atoms with Gasteiger partial charge >= 0.3 is 5.97 Å². The summed E-state index contributed by atoms with van der Waals surface area (Å²) in [7, 11) is 3.03. The van der Waals surface area contributed by atoms with Crippen molar-refractivity contribution >= 4 is 216 Å². The van der Waals surface area contributed by atoms with Crippen LogP contribution in [0, 0.1) is 22.7 Å². The molecular weight excluding hydrogens is 1880 g/mol. The summed E-state index contributed by atoms with van der Waals surface area (Å²) < 4.78 is 9.97. The van der Waals surface area contributed by atoms with E-state index in [-0.39, 0.29) is 5.97 Å². The summed E-state index contributed by atoms with van der Waals surface area (Å²) in [6.45, 7) is 9.48. The van der Waals surface area contributed by atoms with E-state index in [1.807, 2.05) is 104 Å². The average Bonchev–Trinajstić information content (AvgIpc) is 0.817. The number of aromatic nitrogens is 5. The highest BCUT2D eigenvalue weighted by molar-refractivity contribution is 7.98. The van der Waals surface area contributed by atoms with E-state index >= 15 is 0 Å². The number of thioether (sulfide) groups is 1. The fraction of sp³-hybridized carbons (Fsp3) is 0.252. The predicted octanol–water partition coefficient (Wildman–Crippen LogP) is 21.2. The largest absolute Gasteiger partial charge is 0.497 e. The second-order valence-electron chi connectivity index (χ2n) is 35.0. The van der Waals surface area contributed by atoms with Crippen LogP contribution < -0.4 is 82.4 Å². The number of esters is 1. The highest BCUT2D eigenvalue weighted by Gasteiger charge is 2.29. The van der Waals surface area contributed by atoms with Gasteiger partial charge in [-0.05, 0) is 280 Å². The van der Waals surface area contributed by atoms with Crippen LogP contribution in [0.3, 0.4) is 0 Å². The number of piperidine rings is 5. The van der Waals surface area contributed by atoms with E-state index in [9.17, 15) is 4.79 Å². The number of carbonyl (C=O) groups excluding carboxylic acids is 1. The number of ether oxygens (including phenoxy) is 2. The van der Waals surface area contributed by atoms with Gasteiger partial charge in [0, 0.05) is 187 Å². The minimum absolute atomic E-state index is 0.311. The van der Waals surface area contributed by atoms with Gasteiger partial charge < -0.3 is 87.1 Å². The predicted molar refractivity (Wildman–Crippen MR) is 603 cm³/mol. The Morgan fingerprint density at radius 2 is 0.613 bits per heavy atom. The number of rotatable bonds is 18. The van der Waals surface area contributed by atoms with E-state index < -0.39 is 0 Å². The second kappa shape index (κ2) is 50.4. The molecule has 15 aromatic rings. The first-order valence-electron chi connectivity index (χ1n) is 47.8. The van der Waals surface area contributed by atoms with Crippen LogP contribution in [0.25, 0.3) is 53.9 Å². The summed E-state index contributed by atoms with van der Waals surface area (Å²) in [6, 6.07) is 96.0. The Hall–Kier alpha value is -14.7. The summed E-state index contributed by atoms with van der Waals surface area (Å²) in [4.78, 5) is 47.7. The number of hydrogen-bond donors (Lipinski definition) is 10. The molecular formula is C111H114N22O3S6. The van der Waals surface area contributed by atoms with Crippen LogP contribution in [-0.4, -0.2) is 173 Å². The molecule has 5 aromatic heterocycles. The van der Waals surface area contributed by atoms with Gasteiger partial charge in [0.1, 0.15) is 34.8 Å². The van der Waals surface area contributed by atoms with E-state index in [0.717, 1.165) is 193 Å². The number of anilines is 10. The molecule has 5 saturated heterocycles. The molecule has 0 atom stereocenters. The molecule has 10 N–H and O–H groups in total. The van der Waals surface area contributed by atoms with Gasteiger partial charge in [-0.1, -0.05) is 146 Å². The molecule has 722 valence electrons. The fourth-order valence-corrected chi connectivity index (χ4v) is 20.2. The van der Waals surface area contributed by atoms with Gasteiger partial charge in [-0.2, -0.15) is 10.5 Å². The first-order valence-corrected chi connectivity index (χ1v) is 51.1. The number of benzene rings is 10. The van der Waals surface area contributed by atoms with Gasteiger partial charge in [0.15, 0.2) is 25.6 Å². The molecule has 0 bridgehead atoms. The minimum atomic E-state index is -0.352. The smallest absolute Gasteiger partial charge is 0.337 e. The van der Waals surface area contributed by atoms with Crippen molar-refractivity contribution in [2.45, 2.75) is 99.3 Å². The molecule has 10 heterocycles. The number of fused-ring (bicyclic) bond motifs is 5. The van der Waals surface area contributed by atoms with E-state index in [0.29, 0.717) is 72.5 Å². The van der Waals surface area contributed by atoms with E-state index in [1.54, 1.807) is 55.3 Å². The number of pyridine rings is 5. The van der Waals surface area contributed by atoms with Gasteiger partial charge in [0.05, 0.1) is 48.7 Å². The van der Waals surface area contributed by atoms with E-state index in [2.05, 4.69) is 285 Å². The summed E-state index contributed by atoms with van der Waals surface area (Å²) in [5, 5.41) is 66.5. The zero-order valence-corrected chi connectivity index (χ0v) is 84.3. The molecule has 20 rings (SSSR count). The number of carbonyl (C=O) groups is 1. The highest BCUT2D eigenvalue weighted by Crippen LogP contribution is 2.35. The molecule has 0 amide bonds. The van der Waals surface area contributed by atoms with Gasteiger partial charge in [-0.15, -0.1) is 11.8 Å². The van der Waals surface area contributed by atoms with E-state index in [1.165, 1.54) is 65.9 Å². The van der Waals surface area contributed by atoms with Crippen LogP contribution in [0.1, 0.15) is 85.7 Å². The lowest BCUT2D eigenvalue weighted by Crippen LogP contribution is -2.46. The lowest BCUT2D eigenvalue weighted by atomic mass is 10.0. The number of hydrogen-bond acceptors (Lipinski definition) is 21. The van der Waals surface area contributed by atoms with Crippen molar-refractivity contribution in [3.8, 4) is 17.9 Å². The van der Waals surface area contributed by atoms with Gasteiger partial charge in [0.25, 0.3) is 0 Å². The molecule has 0 aliphatic carbocycles. The lowest BCUT2D eigenvalue weighted by molar-refractivity contribution is 0.0600. The van der Waals surface area contributed by atoms with Crippen molar-refractivity contribution in [2.24, 2.45) is 0 Å². The van der Waals surface area contributed by atoms with Gasteiger partial charge in [-0.3, -0.25) is 0 Å². The molecule has 25 nitrogen and oxygen atoms in total. The van der Waals surface area contributed by atoms with Crippen LogP contribution in [0.2, 0.25) is 0 Å². The van der Waals surface area contributed by atoms with Gasteiger partial charge in [0.2, 0.25) is 0 Å². The summed E-state index contributed by atoms with van der Waals surface area (Å²) in [6.07, 6.45) is 21.6. The first-order chi connectivity index (χ1) is 69.6. The normalized spacial score (nSPS) is 14.6. The molecule has 5 aliphatic rings. The zero-order valence-electron chi connectivity index (χ0n) is 79.4. The van der Waals surface area contributed by atoms with Crippen molar-refractivity contribution in [1.29, 1.82) is 10.5 Å². The SMILES string of the molecule is COC(=O)c1ccc(NC(=S)NC2CCN(c3nccc4ccccc34)CC2)cc1.COc1cccc(NC(=S)NC2CCN(c3nccc4ccccc34)CC2)c1.CSc1ccccc1NC(=S)NC1CCN(c2nccc3ccccc23)CC1.N#Cc1ccc(NC(=S)NC2CCN(c3nccc4ccccc34)CC2)cc1.N#Cc1cccc(NC(=S)NC2CCN(c3nccc4ccccc34)CC2)c1. The average molecular weight is 2000 g/mol. The van der Waals surface area contributed by atoms with Crippen molar-refractivity contribution in [3.05, 3.63) is 321 Å². The molecule has 0 spiro atoms. The summed E-state index contributed by atoms with van der Waals surface area (Å²) >= 11 is 29.1. The molecule has 0 radical (unpaired) electrons. The third-order valence-electron chi connectivity index (χ3n) is 25.7. The maximum atomic E-state index is 11.5. The maximum absolute atomic E-state index is 11.5. The molecule has 0 unspecified atom stereocenters. The zero-order chi connectivity index (χ0) is 98.3. The third kappa shape index (κ3) is 27.5. The first kappa shape index (κ1) is 100. The summed E-state index contributed by atoms with van der Waals surface area (Å²) in [5.41, 5.74) is 6.29. The minimum Gasteiger partial charge on any atom is -0.497 e. The molecule has 0 saturated carbocycles. The Labute approximate surface area is 860 Å². The van der Waals surface area contributed by atoms with Crippen LogP contribution in [0.4, 0.5) is 57.5 Å². The highest BCUT2D eigenvalue weighted by atomic mass is 32.2. The fourth-order valence-electron chi connectivity index (χ4n) is 18.3. The van der Waals surface area contributed by atoms with Crippen LogP contribution in [-0.2, 0) is 4.74 Å². The Balaban J connectivity index is 0.000000128. The number of methoxy groups -OCH3 is 2. The Bertz CT molecular complexity index is 6930. The molecule has 31 heteroatoms. The topological polar surface area (TPSA) is 284 Å². The third-order valence-corrected chi connectivity index (χ3v) is 27.6. The second-order valence-corrected chi connectivity index (χ2v) is 37.8. The Kier molecular flexibility index (Phi) is 35.6. The molecule has 5 fully saturated rings. The Morgan fingerprint density at radius 1 is 0.324 bits per heavy atom. The maximum Gasteiger partial charge on any atom is 0.337 e. The molecule has 5 aliphatic heterocycles. The monoisotopic (exact) mass is 1990 g/mol. The standard InChI is InChI=1S/C23H24N4O2S.2C22H21N5S.C22H24N4OS.C22H24N4S2/c1-29-22(28)17-6-8-18(9-7-17)25-23(30)26-19-11-14-27(15-12-19)21-20-5-3-2-4-16(20)10-13-24-21;23-15-16-4-3-6-19(14-16)26-22(28)25-18-9-12-27(13-10-18)21-20-7-2-1-5-17(20)8-11-24-21;23-15-16-5-7-18(8-6-16)25-22(28)26-19-10-13-27(14-11-19)21-20-4-2-1-3-17(20)9-12-24-21;1-27-19-7-4-6-18(15-19)25-22(28)24-17-10-13-26(14-11-17)21-20-8-3-2-5-16(20)9-12-23-21;1-28-20-9-5-4-8-19(20)25-22(27)24-17-11-14-26(15-12-17)21-18-7-3-2-6-16(18)10-13-23-21/h2-10,13,19H,11-12,14-15H2,1H3,(H2,25,26,30);1-8,11,14,18H,9-10,12-13H2,(H2,25,26,28);1-9,12,19H,10-11,13-14H2,(H2,25,26,28);2-9,12,15,17H,10-11,13-14H2,1H3,(H2,24,25,28);2-10,13,17H,11-12,14-15H2,1H3,(H2,24,25,27). The van der Waals surface area contributed by atoms with Crippen molar-refractivity contribution in [3.63, 3.8) is 0 Å². The van der Waals surface area contributed by atoms with Crippen molar-refractivity contribution in [2.75, 3.05) is 137 Å². The Morgan fingerprint density at radius 3 is 0.930 bits per heavy atom. The van der Waals surface area contributed by atoms with Crippen LogP contribution in [0.5, 0.6) is 5.75 Å². The van der Waals surface area contributed by atoms with Crippen molar-refractivity contribution < 1.29 is 14.3 Å². The van der Waals surface area contributed by atoms with Crippen molar-refractivity contribution in [1.82, 2.24) is 51.5 Å².